The van der Waals surface area contributed by atoms with Crippen molar-refractivity contribution in [1.82, 2.24) is 4.98 Å². The van der Waals surface area contributed by atoms with Gasteiger partial charge < -0.3 is 4.74 Å². The molecule has 0 amide bonds. The molecular weight excluding hydrogens is 289 g/mol. The normalized spacial score (nSPS) is 22.7. The Bertz CT molecular complexity index is 452. The van der Waals surface area contributed by atoms with E-state index in [0.717, 1.165) is 37.0 Å². The van der Waals surface area contributed by atoms with E-state index in [-0.39, 0.29) is 4.88 Å². The molecule has 0 aromatic carbocycles. The Morgan fingerprint density at radius 3 is 3.00 bits per heavy atom. The van der Waals surface area contributed by atoms with Crippen LogP contribution in [-0.4, -0.2) is 23.4 Å². The van der Waals surface area contributed by atoms with Crippen LogP contribution in [0.5, 0.6) is 0 Å². The second-order valence-corrected chi connectivity index (χ2v) is 6.59. The standard InChI is InChI=1S/C13H17ClFNO2S/c1-18-13(17)11-12(15)16-10(19-11)4-2-3-8-5-6-9(14)7-8/h8-9H,2-7H2,1H3/t8-,9?/m0/s1. The first-order chi connectivity index (χ1) is 9.10. The number of esters is 1. The number of carbonyl (C=O) groups is 1. The largest absolute Gasteiger partial charge is 0.465 e. The molecule has 6 heteroatoms. The first kappa shape index (κ1) is 14.7. The summed E-state index contributed by atoms with van der Waals surface area (Å²) in [6.07, 6.45) is 6.14. The number of nitrogens with zero attached hydrogens (tertiary/aromatic N) is 1. The van der Waals surface area contributed by atoms with Crippen molar-refractivity contribution >= 4 is 28.9 Å². The number of carbonyl (C=O) groups excluding carboxylic acids is 1. The smallest absolute Gasteiger partial charge is 0.352 e. The van der Waals surface area contributed by atoms with Gasteiger partial charge in [-0.05, 0) is 44.4 Å². The number of hydrogen-bond donors (Lipinski definition) is 0. The van der Waals surface area contributed by atoms with Crippen LogP contribution in [0.3, 0.4) is 0 Å². The summed E-state index contributed by atoms with van der Waals surface area (Å²) in [5.41, 5.74) is 0. The van der Waals surface area contributed by atoms with Crippen molar-refractivity contribution in [3.63, 3.8) is 0 Å². The van der Waals surface area contributed by atoms with E-state index < -0.39 is 11.9 Å². The Balaban J connectivity index is 1.81. The van der Waals surface area contributed by atoms with Gasteiger partial charge in [-0.3, -0.25) is 0 Å². The lowest BCUT2D eigenvalue weighted by atomic mass is 10.0. The first-order valence-corrected chi connectivity index (χ1v) is 7.73. The van der Waals surface area contributed by atoms with Crippen LogP contribution >= 0.6 is 22.9 Å². The maximum atomic E-state index is 13.4. The lowest BCUT2D eigenvalue weighted by Gasteiger charge is -2.07. The van der Waals surface area contributed by atoms with E-state index >= 15 is 0 Å². The molecule has 106 valence electrons. The van der Waals surface area contributed by atoms with Gasteiger partial charge in [0.2, 0.25) is 5.95 Å². The van der Waals surface area contributed by atoms with E-state index in [1.165, 1.54) is 13.5 Å². The van der Waals surface area contributed by atoms with Gasteiger partial charge in [-0.25, -0.2) is 9.78 Å². The fraction of sp³-hybridized carbons (Fsp3) is 0.692. The van der Waals surface area contributed by atoms with E-state index in [4.69, 9.17) is 11.6 Å². The topological polar surface area (TPSA) is 39.2 Å². The SMILES string of the molecule is COC(=O)c1sc(CCC[C@H]2CCC(Cl)C2)nc1F. The molecule has 1 saturated carbocycles. The van der Waals surface area contributed by atoms with Crippen LogP contribution < -0.4 is 0 Å². The maximum Gasteiger partial charge on any atom is 0.352 e. The predicted molar refractivity (Wildman–Crippen MR) is 73.3 cm³/mol. The molecule has 1 aliphatic carbocycles. The van der Waals surface area contributed by atoms with Crippen LogP contribution in [0.2, 0.25) is 0 Å². The zero-order valence-corrected chi connectivity index (χ0v) is 12.4. The van der Waals surface area contributed by atoms with Gasteiger partial charge in [0, 0.05) is 5.38 Å². The Kier molecular flexibility index (Phi) is 5.16. The van der Waals surface area contributed by atoms with Gasteiger partial charge in [-0.15, -0.1) is 22.9 Å². The zero-order valence-electron chi connectivity index (χ0n) is 10.8. The van der Waals surface area contributed by atoms with Crippen molar-refractivity contribution < 1.29 is 13.9 Å². The van der Waals surface area contributed by atoms with Crippen molar-refractivity contribution in [2.24, 2.45) is 5.92 Å². The summed E-state index contributed by atoms with van der Waals surface area (Å²) in [6.45, 7) is 0. The van der Waals surface area contributed by atoms with E-state index in [1.807, 2.05) is 0 Å². The molecule has 2 rings (SSSR count). The number of halogens is 2. The van der Waals surface area contributed by atoms with E-state index in [0.29, 0.717) is 22.7 Å². The van der Waals surface area contributed by atoms with Crippen molar-refractivity contribution in [2.75, 3.05) is 7.11 Å². The minimum Gasteiger partial charge on any atom is -0.465 e. The Labute approximate surface area is 121 Å². The van der Waals surface area contributed by atoms with Crippen LogP contribution in [0.15, 0.2) is 0 Å². The van der Waals surface area contributed by atoms with Gasteiger partial charge in [0.1, 0.15) is 0 Å². The van der Waals surface area contributed by atoms with Crippen LogP contribution in [-0.2, 0) is 11.2 Å². The number of ether oxygens (including phenoxy) is 1. The highest BCUT2D eigenvalue weighted by atomic mass is 35.5. The summed E-state index contributed by atoms with van der Waals surface area (Å²) in [5, 5.41) is 0.992. The summed E-state index contributed by atoms with van der Waals surface area (Å²) in [7, 11) is 1.24. The van der Waals surface area contributed by atoms with Crippen molar-refractivity contribution in [3.8, 4) is 0 Å². The highest BCUT2D eigenvalue weighted by Crippen LogP contribution is 2.33. The minimum atomic E-state index is -0.714. The fourth-order valence-electron chi connectivity index (χ4n) is 2.49. The Morgan fingerprint density at radius 2 is 2.37 bits per heavy atom. The average Bonchev–Trinajstić information content (AvgIpc) is 2.95. The third-order valence-electron chi connectivity index (χ3n) is 3.48. The second-order valence-electron chi connectivity index (χ2n) is 4.89. The molecule has 0 radical (unpaired) electrons. The third-order valence-corrected chi connectivity index (χ3v) is 4.95. The number of alkyl halides is 1. The fourth-order valence-corrected chi connectivity index (χ4v) is 3.77. The van der Waals surface area contributed by atoms with Crippen molar-refractivity contribution in [2.45, 2.75) is 43.9 Å². The molecule has 0 saturated heterocycles. The van der Waals surface area contributed by atoms with Crippen LogP contribution in [0, 0.1) is 11.9 Å². The van der Waals surface area contributed by atoms with Gasteiger partial charge >= 0.3 is 5.97 Å². The van der Waals surface area contributed by atoms with Gasteiger partial charge in [0.25, 0.3) is 0 Å². The Hall–Kier alpha value is -0.680. The average molecular weight is 306 g/mol. The number of rotatable bonds is 5. The van der Waals surface area contributed by atoms with Crippen LogP contribution in [0.4, 0.5) is 4.39 Å². The summed E-state index contributed by atoms with van der Waals surface area (Å²) in [6, 6.07) is 0. The third kappa shape index (κ3) is 3.89. The highest BCUT2D eigenvalue weighted by molar-refractivity contribution is 7.13. The van der Waals surface area contributed by atoms with E-state index in [9.17, 15) is 9.18 Å². The molecular formula is C13H17ClFNO2S. The summed E-state index contributed by atoms with van der Waals surface area (Å²) in [5.74, 6) is -0.678. The number of aryl methyl sites for hydroxylation is 1. The summed E-state index contributed by atoms with van der Waals surface area (Å²) >= 11 is 7.16. The van der Waals surface area contributed by atoms with Gasteiger partial charge in [0.05, 0.1) is 12.1 Å². The van der Waals surface area contributed by atoms with Gasteiger partial charge in [-0.2, -0.15) is 4.39 Å². The number of methoxy groups -OCH3 is 1. The quantitative estimate of drug-likeness (QED) is 0.613. The molecule has 0 N–H and O–H groups in total. The van der Waals surface area contributed by atoms with E-state index in [1.54, 1.807) is 0 Å². The second kappa shape index (κ2) is 6.66. The van der Waals surface area contributed by atoms with Gasteiger partial charge in [0.15, 0.2) is 4.88 Å². The number of hydrogen-bond acceptors (Lipinski definition) is 4. The predicted octanol–water partition coefficient (Wildman–Crippen LogP) is 3.80. The summed E-state index contributed by atoms with van der Waals surface area (Å²) in [4.78, 5) is 15.0. The monoisotopic (exact) mass is 305 g/mol. The lowest BCUT2D eigenvalue weighted by molar-refractivity contribution is 0.0601. The lowest BCUT2D eigenvalue weighted by Crippen LogP contribution is -2.00. The molecule has 0 bridgehead atoms. The molecule has 1 aromatic rings. The maximum absolute atomic E-state index is 13.4. The molecule has 1 unspecified atom stereocenters. The van der Waals surface area contributed by atoms with Crippen molar-refractivity contribution in [1.29, 1.82) is 0 Å². The molecule has 0 spiro atoms. The highest BCUT2D eigenvalue weighted by Gasteiger charge is 2.23. The molecule has 1 fully saturated rings. The van der Waals surface area contributed by atoms with Crippen LogP contribution in [0.25, 0.3) is 0 Å². The van der Waals surface area contributed by atoms with Crippen molar-refractivity contribution in [3.05, 3.63) is 15.8 Å². The molecule has 0 aliphatic heterocycles. The Morgan fingerprint density at radius 1 is 1.58 bits per heavy atom. The number of aromatic nitrogens is 1. The summed E-state index contributed by atoms with van der Waals surface area (Å²) < 4.78 is 17.9. The first-order valence-electron chi connectivity index (χ1n) is 6.47. The zero-order chi connectivity index (χ0) is 13.8. The molecule has 3 nitrogen and oxygen atoms in total. The molecule has 19 heavy (non-hydrogen) atoms. The number of thiazole rings is 1. The molecule has 2 atom stereocenters. The molecule has 1 aliphatic rings. The van der Waals surface area contributed by atoms with Crippen LogP contribution in [0.1, 0.15) is 46.8 Å². The van der Waals surface area contributed by atoms with Gasteiger partial charge in [-0.1, -0.05) is 0 Å². The molecule has 1 aromatic heterocycles. The minimum absolute atomic E-state index is 0.0285. The van der Waals surface area contributed by atoms with E-state index in [2.05, 4.69) is 9.72 Å². The molecule has 1 heterocycles.